The first-order chi connectivity index (χ1) is 5.39. The van der Waals surface area contributed by atoms with Gasteiger partial charge in [-0.2, -0.15) is 0 Å². The summed E-state index contributed by atoms with van der Waals surface area (Å²) in [5.74, 6) is -0.308. The second-order valence-corrected chi connectivity index (χ2v) is 8.22. The zero-order valence-corrected chi connectivity index (χ0v) is 9.02. The molecule has 0 N–H and O–H groups in total. The molecule has 0 aromatic rings. The highest BCUT2D eigenvalue weighted by Gasteiger charge is 2.18. The average Bonchev–Trinajstić information content (AvgIpc) is 2.00. The lowest BCUT2D eigenvalue weighted by molar-refractivity contribution is -0.137. The zero-order chi connectivity index (χ0) is 9.78. The van der Waals surface area contributed by atoms with Crippen molar-refractivity contribution in [1.82, 2.24) is 0 Å². The quantitative estimate of drug-likeness (QED) is 0.380. The van der Waals surface area contributed by atoms with Crippen LogP contribution in [0.4, 0.5) is 0 Å². The minimum Gasteiger partial charge on any atom is -0.466 e. The van der Waals surface area contributed by atoms with Crippen LogP contribution in [0.15, 0.2) is 24.4 Å². The fourth-order valence-electron chi connectivity index (χ4n) is 0.434. The second-order valence-electron chi connectivity index (χ2n) is 3.55. The molecule has 0 rings (SSSR count). The Bertz CT molecular complexity index is 207. The van der Waals surface area contributed by atoms with Crippen molar-refractivity contribution in [2.75, 3.05) is 6.23 Å². The Labute approximate surface area is 74.9 Å². The molecule has 0 fully saturated rings. The molecule has 0 unspecified atom stereocenters. The number of hydrogen-bond acceptors (Lipinski definition) is 2. The van der Waals surface area contributed by atoms with Crippen LogP contribution < -0.4 is 0 Å². The van der Waals surface area contributed by atoms with Crippen LogP contribution in [0.1, 0.15) is 6.92 Å². The molecular formula is C9H16O2Si. The van der Waals surface area contributed by atoms with E-state index in [-0.39, 0.29) is 5.97 Å². The van der Waals surface area contributed by atoms with E-state index >= 15 is 0 Å². The summed E-state index contributed by atoms with van der Waals surface area (Å²) in [4.78, 5) is 11.0. The summed E-state index contributed by atoms with van der Waals surface area (Å²) in [5.41, 5.74) is 2.35. The molecule has 0 aliphatic heterocycles. The molecule has 0 bridgehead atoms. The van der Waals surface area contributed by atoms with E-state index in [4.69, 9.17) is 4.74 Å². The van der Waals surface area contributed by atoms with Gasteiger partial charge in [0.1, 0.15) is 8.07 Å². The molecule has 0 saturated carbocycles. The van der Waals surface area contributed by atoms with Crippen LogP contribution in [-0.4, -0.2) is 20.3 Å². The van der Waals surface area contributed by atoms with Crippen molar-refractivity contribution < 1.29 is 9.53 Å². The maximum absolute atomic E-state index is 11.0. The molecule has 0 aliphatic carbocycles. The summed E-state index contributed by atoms with van der Waals surface area (Å²) in [6.07, 6.45) is 0.488. The first-order valence-corrected chi connectivity index (χ1v) is 7.14. The molecule has 2 nitrogen and oxygen atoms in total. The molecule has 3 heteroatoms. The number of carbonyl (C=O) groups excluding carboxylic acids is 1. The van der Waals surface area contributed by atoms with E-state index in [2.05, 4.69) is 26.3 Å². The van der Waals surface area contributed by atoms with Gasteiger partial charge in [-0.25, -0.2) is 4.79 Å². The van der Waals surface area contributed by atoms with E-state index in [1.807, 2.05) is 5.70 Å². The summed E-state index contributed by atoms with van der Waals surface area (Å²) in [6, 6.07) is 0. The van der Waals surface area contributed by atoms with Gasteiger partial charge in [0.05, 0.1) is 6.23 Å². The van der Waals surface area contributed by atoms with Crippen molar-refractivity contribution in [3.63, 3.8) is 0 Å². The van der Waals surface area contributed by atoms with E-state index in [1.165, 1.54) is 0 Å². The monoisotopic (exact) mass is 184 g/mol. The van der Waals surface area contributed by atoms with Crippen molar-refractivity contribution >= 4 is 14.0 Å². The van der Waals surface area contributed by atoms with Gasteiger partial charge in [-0.1, -0.05) is 25.4 Å². The Balaban J connectivity index is 3.91. The normalized spacial score (nSPS) is 10.6. The van der Waals surface area contributed by atoms with Gasteiger partial charge in [0.25, 0.3) is 0 Å². The van der Waals surface area contributed by atoms with Gasteiger partial charge >= 0.3 is 5.97 Å². The van der Waals surface area contributed by atoms with Gasteiger partial charge in [-0.05, 0) is 6.92 Å². The highest BCUT2D eigenvalue weighted by Crippen LogP contribution is 2.04. The molecule has 0 atom stereocenters. The van der Waals surface area contributed by atoms with Crippen LogP contribution in [0.5, 0.6) is 0 Å². The van der Waals surface area contributed by atoms with E-state index in [9.17, 15) is 4.79 Å². The summed E-state index contributed by atoms with van der Waals surface area (Å²) < 4.78 is 5.01. The number of rotatable bonds is 4. The number of esters is 1. The predicted octanol–water partition coefficient (Wildman–Crippen LogP) is 2.08. The van der Waals surface area contributed by atoms with Crippen molar-refractivity contribution in [2.24, 2.45) is 0 Å². The summed E-state index contributed by atoms with van der Waals surface area (Å²) in [7, 11) is -1.51. The Morgan fingerprint density at radius 2 is 2.08 bits per heavy atom. The van der Waals surface area contributed by atoms with Crippen LogP contribution in [0.2, 0.25) is 13.1 Å². The standard InChI is InChI=1S/C9H16O2Si/c1-6-12(4,5)7-11-9(10)8(2)3/h6H,1-2,7H2,3-5H3. The van der Waals surface area contributed by atoms with Crippen molar-refractivity contribution in [3.8, 4) is 0 Å². The first-order valence-electron chi connectivity index (χ1n) is 3.85. The smallest absolute Gasteiger partial charge is 0.332 e. The van der Waals surface area contributed by atoms with Gasteiger partial charge < -0.3 is 4.74 Å². The Hall–Kier alpha value is -0.833. The van der Waals surface area contributed by atoms with Gasteiger partial charge in [-0.3, -0.25) is 0 Å². The van der Waals surface area contributed by atoms with Crippen molar-refractivity contribution in [1.29, 1.82) is 0 Å². The molecule has 0 aromatic heterocycles. The molecule has 68 valence electrons. The third kappa shape index (κ3) is 4.13. The predicted molar refractivity (Wildman–Crippen MR) is 53.5 cm³/mol. The minimum absolute atomic E-state index is 0.308. The fourth-order valence-corrected chi connectivity index (χ4v) is 1.05. The highest BCUT2D eigenvalue weighted by atomic mass is 28.3. The third-order valence-electron chi connectivity index (χ3n) is 1.48. The number of carbonyl (C=O) groups is 1. The molecular weight excluding hydrogens is 168 g/mol. The molecule has 0 spiro atoms. The molecule has 0 amide bonds. The summed E-state index contributed by atoms with van der Waals surface area (Å²) >= 11 is 0. The summed E-state index contributed by atoms with van der Waals surface area (Å²) in [5, 5.41) is 0. The van der Waals surface area contributed by atoms with Gasteiger partial charge in [-0.15, -0.1) is 6.58 Å². The molecule has 0 aromatic carbocycles. The van der Waals surface area contributed by atoms with Crippen LogP contribution in [0, 0.1) is 0 Å². The van der Waals surface area contributed by atoms with Gasteiger partial charge in [0.2, 0.25) is 0 Å². The van der Waals surface area contributed by atoms with E-state index < -0.39 is 8.07 Å². The first kappa shape index (κ1) is 11.2. The van der Waals surface area contributed by atoms with Crippen LogP contribution >= 0.6 is 0 Å². The fraction of sp³-hybridized carbons (Fsp3) is 0.444. The molecule has 0 aliphatic rings. The Morgan fingerprint density at radius 3 is 2.42 bits per heavy atom. The average molecular weight is 184 g/mol. The zero-order valence-electron chi connectivity index (χ0n) is 8.02. The molecule has 0 radical (unpaired) electrons. The Morgan fingerprint density at radius 1 is 1.58 bits per heavy atom. The topological polar surface area (TPSA) is 26.3 Å². The minimum atomic E-state index is -1.51. The number of hydrogen-bond donors (Lipinski definition) is 0. The molecule has 0 saturated heterocycles. The van der Waals surface area contributed by atoms with Crippen LogP contribution in [0.3, 0.4) is 0 Å². The van der Waals surface area contributed by atoms with Crippen molar-refractivity contribution in [3.05, 3.63) is 24.4 Å². The SMILES string of the molecule is C=C[Si](C)(C)COC(=O)C(=C)C. The van der Waals surface area contributed by atoms with Gasteiger partial charge in [0.15, 0.2) is 0 Å². The van der Waals surface area contributed by atoms with E-state index in [0.717, 1.165) is 0 Å². The lowest BCUT2D eigenvalue weighted by atomic mass is 10.4. The maximum atomic E-state index is 11.0. The highest BCUT2D eigenvalue weighted by molar-refractivity contribution is 6.82. The van der Waals surface area contributed by atoms with Crippen molar-refractivity contribution in [2.45, 2.75) is 20.0 Å². The maximum Gasteiger partial charge on any atom is 0.332 e. The number of ether oxygens (including phenoxy) is 1. The van der Waals surface area contributed by atoms with E-state index in [0.29, 0.717) is 11.8 Å². The molecule has 0 heterocycles. The second kappa shape index (κ2) is 4.26. The largest absolute Gasteiger partial charge is 0.466 e. The molecule has 12 heavy (non-hydrogen) atoms. The lowest BCUT2D eigenvalue weighted by Crippen LogP contribution is -2.31. The van der Waals surface area contributed by atoms with Crippen LogP contribution in [0.25, 0.3) is 0 Å². The Kier molecular flexibility index (Phi) is 3.96. The van der Waals surface area contributed by atoms with E-state index in [1.54, 1.807) is 6.92 Å². The van der Waals surface area contributed by atoms with Crippen LogP contribution in [-0.2, 0) is 9.53 Å². The lowest BCUT2D eigenvalue weighted by Gasteiger charge is -2.16. The summed E-state index contributed by atoms with van der Waals surface area (Å²) in [6.45, 7) is 13.0. The third-order valence-corrected chi connectivity index (χ3v) is 3.47. The van der Waals surface area contributed by atoms with Gasteiger partial charge in [0, 0.05) is 5.57 Å².